The summed E-state index contributed by atoms with van der Waals surface area (Å²) in [4.78, 5) is 19.3. The van der Waals surface area contributed by atoms with Crippen LogP contribution in [0.2, 0.25) is 0 Å². The van der Waals surface area contributed by atoms with E-state index < -0.39 is 0 Å². The lowest BCUT2D eigenvalue weighted by Gasteiger charge is -2.60. The Morgan fingerprint density at radius 3 is 2.00 bits per heavy atom. The van der Waals surface area contributed by atoms with E-state index in [-0.39, 0.29) is 29.8 Å². The van der Waals surface area contributed by atoms with Gasteiger partial charge < -0.3 is 15.5 Å². The van der Waals surface area contributed by atoms with Gasteiger partial charge in [0.05, 0.1) is 25.5 Å². The number of hydrogen-bond donors (Lipinski definition) is 3. The monoisotopic (exact) mass is 293 g/mol. The first kappa shape index (κ1) is 12.9. The summed E-state index contributed by atoms with van der Waals surface area (Å²) >= 11 is 0. The molecule has 0 aromatic carbocycles. The highest BCUT2D eigenvalue weighted by atomic mass is 16.3. The van der Waals surface area contributed by atoms with Crippen molar-refractivity contribution in [2.24, 2.45) is 0 Å². The van der Waals surface area contributed by atoms with Gasteiger partial charge in [-0.25, -0.2) is 0 Å². The van der Waals surface area contributed by atoms with Gasteiger partial charge >= 0.3 is 0 Å². The summed E-state index contributed by atoms with van der Waals surface area (Å²) in [7, 11) is 0. The molecule has 0 atom stereocenters. The molecule has 4 aliphatic heterocycles. The van der Waals surface area contributed by atoms with Gasteiger partial charge in [0.25, 0.3) is 0 Å². The van der Waals surface area contributed by atoms with E-state index in [1.54, 1.807) is 0 Å². The molecule has 4 aliphatic rings. The molecular formula is C13H19N5O3. The lowest BCUT2D eigenvalue weighted by Crippen LogP contribution is -2.80. The Kier molecular flexibility index (Phi) is 2.69. The highest BCUT2D eigenvalue weighted by Crippen LogP contribution is 2.29. The number of carbonyl (C=O) groups is 1. The minimum absolute atomic E-state index is 0.0770. The fourth-order valence-electron chi connectivity index (χ4n) is 3.92. The van der Waals surface area contributed by atoms with Gasteiger partial charge in [-0.2, -0.15) is 0 Å². The Morgan fingerprint density at radius 1 is 1.05 bits per heavy atom. The molecule has 4 bridgehead atoms. The lowest BCUT2D eigenvalue weighted by atomic mass is 9.91. The largest absolute Gasteiger partial charge is 0.494 e. The molecule has 1 aromatic heterocycles. The second-order valence-corrected chi connectivity index (χ2v) is 6.38. The van der Waals surface area contributed by atoms with E-state index in [0.717, 1.165) is 39.6 Å². The number of hydrogen-bond acceptors (Lipinski definition) is 6. The summed E-state index contributed by atoms with van der Waals surface area (Å²) in [6, 6.07) is 2.74. The second kappa shape index (κ2) is 4.36. The first-order valence-electron chi connectivity index (χ1n) is 7.09. The van der Waals surface area contributed by atoms with Crippen molar-refractivity contribution in [3.8, 4) is 11.8 Å². The first-order chi connectivity index (χ1) is 10.0. The smallest absolute Gasteiger partial charge is 0.240 e. The molecule has 0 aliphatic carbocycles. The molecule has 4 fully saturated rings. The summed E-state index contributed by atoms with van der Waals surface area (Å²) in [5.74, 6) is -0.406. The second-order valence-electron chi connectivity index (χ2n) is 6.38. The highest BCUT2D eigenvalue weighted by Gasteiger charge is 2.49. The van der Waals surface area contributed by atoms with Crippen LogP contribution in [-0.4, -0.2) is 80.6 Å². The molecule has 3 N–H and O–H groups in total. The van der Waals surface area contributed by atoms with Gasteiger partial charge in [0.15, 0.2) is 11.8 Å². The third kappa shape index (κ3) is 2.15. The van der Waals surface area contributed by atoms with E-state index in [1.807, 2.05) is 0 Å². The molecule has 1 amide bonds. The third-order valence-electron chi connectivity index (χ3n) is 4.42. The van der Waals surface area contributed by atoms with Crippen molar-refractivity contribution in [2.75, 3.05) is 39.6 Å². The Balaban J connectivity index is 1.47. The molecule has 0 spiro atoms. The zero-order valence-corrected chi connectivity index (χ0v) is 11.7. The normalized spacial score (nSPS) is 36.9. The van der Waals surface area contributed by atoms with Crippen molar-refractivity contribution in [3.05, 3.63) is 12.1 Å². The fraction of sp³-hybridized carbons (Fsp3) is 0.615. The molecule has 5 heterocycles. The number of aromatic hydroxyl groups is 2. The van der Waals surface area contributed by atoms with Crippen LogP contribution in [0, 0.1) is 0 Å². The van der Waals surface area contributed by atoms with E-state index in [9.17, 15) is 15.0 Å². The van der Waals surface area contributed by atoms with Crippen molar-refractivity contribution in [2.45, 2.75) is 12.1 Å². The zero-order valence-electron chi connectivity index (χ0n) is 11.7. The molecule has 21 heavy (non-hydrogen) atoms. The molecule has 114 valence electrons. The number of amides is 1. The first-order valence-corrected chi connectivity index (χ1v) is 7.09. The van der Waals surface area contributed by atoms with Crippen LogP contribution in [-0.2, 0) is 11.3 Å². The van der Waals surface area contributed by atoms with Crippen LogP contribution in [0.5, 0.6) is 11.8 Å². The van der Waals surface area contributed by atoms with Crippen LogP contribution in [0.3, 0.4) is 0 Å². The van der Waals surface area contributed by atoms with Crippen LogP contribution in [0.4, 0.5) is 0 Å². The molecule has 0 unspecified atom stereocenters. The van der Waals surface area contributed by atoms with Crippen molar-refractivity contribution < 1.29 is 15.0 Å². The van der Waals surface area contributed by atoms with Crippen molar-refractivity contribution in [3.63, 3.8) is 0 Å². The standard InChI is InChI=1S/C13H19N5O3/c19-10(3-18-11(20)1-2-12(18)21)14-13-4-15-7-16(5-13)9-17(6-13)8-15/h1-2,20-21H,3-9H2,(H,14,19). The Bertz CT molecular complexity index is 530. The number of aromatic nitrogens is 1. The maximum Gasteiger partial charge on any atom is 0.240 e. The zero-order chi connectivity index (χ0) is 14.6. The summed E-state index contributed by atoms with van der Waals surface area (Å²) in [6.45, 7) is 5.39. The van der Waals surface area contributed by atoms with Crippen LogP contribution >= 0.6 is 0 Å². The van der Waals surface area contributed by atoms with Gasteiger partial charge in [-0.15, -0.1) is 0 Å². The van der Waals surface area contributed by atoms with Crippen LogP contribution in [0.1, 0.15) is 0 Å². The Morgan fingerprint density at radius 2 is 1.52 bits per heavy atom. The molecule has 1 aromatic rings. The number of carbonyl (C=O) groups excluding carboxylic acids is 1. The van der Waals surface area contributed by atoms with E-state index in [2.05, 4.69) is 20.0 Å². The number of nitrogens with one attached hydrogen (secondary N) is 1. The predicted octanol–water partition coefficient (Wildman–Crippen LogP) is -1.43. The number of nitrogens with zero attached hydrogens (tertiary/aromatic N) is 4. The van der Waals surface area contributed by atoms with Gasteiger partial charge in [-0.05, 0) is 0 Å². The van der Waals surface area contributed by atoms with Crippen molar-refractivity contribution >= 4 is 5.91 Å². The summed E-state index contributed by atoms with van der Waals surface area (Å²) in [5, 5.41) is 22.3. The van der Waals surface area contributed by atoms with Gasteiger partial charge in [-0.1, -0.05) is 0 Å². The maximum absolute atomic E-state index is 12.3. The average Bonchev–Trinajstić information content (AvgIpc) is 2.68. The summed E-state index contributed by atoms with van der Waals surface area (Å²) < 4.78 is 1.19. The van der Waals surface area contributed by atoms with Gasteiger partial charge in [0.1, 0.15) is 6.54 Å². The van der Waals surface area contributed by atoms with E-state index >= 15 is 0 Å². The molecule has 4 saturated heterocycles. The Hall–Kier alpha value is -1.77. The van der Waals surface area contributed by atoms with E-state index in [4.69, 9.17) is 0 Å². The highest BCUT2D eigenvalue weighted by molar-refractivity contribution is 5.77. The van der Waals surface area contributed by atoms with Gasteiger partial charge in [-0.3, -0.25) is 24.1 Å². The molecular weight excluding hydrogens is 274 g/mol. The molecule has 5 rings (SSSR count). The topological polar surface area (TPSA) is 84.2 Å². The molecule has 0 radical (unpaired) electrons. The molecule has 8 nitrogen and oxygen atoms in total. The lowest BCUT2D eigenvalue weighted by molar-refractivity contribution is -0.157. The van der Waals surface area contributed by atoms with Crippen LogP contribution in [0.15, 0.2) is 12.1 Å². The summed E-state index contributed by atoms with van der Waals surface area (Å²) in [5.41, 5.74) is -0.246. The maximum atomic E-state index is 12.3. The van der Waals surface area contributed by atoms with Crippen LogP contribution < -0.4 is 5.32 Å². The molecule has 0 saturated carbocycles. The Labute approximate surface area is 122 Å². The SMILES string of the molecule is O=C(Cn1c(O)ccc1O)NC12CN3CN(CN(C3)C1)C2. The number of rotatable bonds is 3. The van der Waals surface area contributed by atoms with Crippen molar-refractivity contribution in [1.29, 1.82) is 0 Å². The predicted molar refractivity (Wildman–Crippen MR) is 73.4 cm³/mol. The average molecular weight is 293 g/mol. The quantitative estimate of drug-likeness (QED) is 0.634. The third-order valence-corrected chi connectivity index (χ3v) is 4.42. The van der Waals surface area contributed by atoms with Gasteiger partial charge in [0.2, 0.25) is 5.91 Å². The fourth-order valence-corrected chi connectivity index (χ4v) is 3.92. The molecule has 8 heteroatoms. The summed E-state index contributed by atoms with van der Waals surface area (Å²) in [6.07, 6.45) is 0. The van der Waals surface area contributed by atoms with Gasteiger partial charge in [0, 0.05) is 31.8 Å². The van der Waals surface area contributed by atoms with E-state index in [0.29, 0.717) is 0 Å². The minimum atomic E-state index is -0.246. The van der Waals surface area contributed by atoms with Crippen molar-refractivity contribution in [1.82, 2.24) is 24.6 Å². The van der Waals surface area contributed by atoms with Crippen LogP contribution in [0.25, 0.3) is 0 Å². The minimum Gasteiger partial charge on any atom is -0.494 e. The van der Waals surface area contributed by atoms with E-state index in [1.165, 1.54) is 16.7 Å².